The fraction of sp³-hybridized carbons (Fsp3) is 0.217. The highest BCUT2D eigenvalue weighted by molar-refractivity contribution is 6.00. The number of hydrogen-bond acceptors (Lipinski definition) is 7. The van der Waals surface area contributed by atoms with Crippen LogP contribution in [-0.2, 0) is 11.2 Å². The first-order valence-corrected chi connectivity index (χ1v) is 10.3. The van der Waals surface area contributed by atoms with Gasteiger partial charge in [-0.3, -0.25) is 9.69 Å². The average molecular weight is 450 g/mol. The molecule has 0 saturated carbocycles. The molecule has 2 aromatic carbocycles. The lowest BCUT2D eigenvalue weighted by Gasteiger charge is -2.22. The van der Waals surface area contributed by atoms with E-state index in [2.05, 4.69) is 20.6 Å². The maximum Gasteiger partial charge on any atom is 0.414 e. The number of benzene rings is 2. The Labute approximate surface area is 190 Å². The molecule has 4 rings (SSSR count). The van der Waals surface area contributed by atoms with Crippen molar-refractivity contribution in [3.8, 4) is 0 Å². The van der Waals surface area contributed by atoms with Gasteiger partial charge in [0.25, 0.3) is 5.91 Å². The van der Waals surface area contributed by atoms with E-state index in [-0.39, 0.29) is 24.3 Å². The van der Waals surface area contributed by atoms with Crippen LogP contribution in [0.1, 0.15) is 15.9 Å². The maximum absolute atomic E-state index is 14.7. The lowest BCUT2D eigenvalue weighted by Crippen LogP contribution is -2.25. The van der Waals surface area contributed by atoms with E-state index < -0.39 is 11.9 Å². The van der Waals surface area contributed by atoms with E-state index in [9.17, 15) is 14.0 Å². The molecule has 2 heterocycles. The second kappa shape index (κ2) is 9.11. The molecule has 0 unspecified atom stereocenters. The molecule has 0 fully saturated rings. The molecule has 9 nitrogen and oxygen atoms in total. The van der Waals surface area contributed by atoms with E-state index in [1.807, 2.05) is 6.07 Å². The highest BCUT2D eigenvalue weighted by Gasteiger charge is 2.21. The third-order valence-electron chi connectivity index (χ3n) is 5.35. The molecule has 1 aliphatic rings. The Kier molecular flexibility index (Phi) is 6.07. The Morgan fingerprint density at radius 2 is 2.03 bits per heavy atom. The molecule has 0 radical (unpaired) electrons. The zero-order valence-corrected chi connectivity index (χ0v) is 18.4. The number of carbonyl (C=O) groups is 2. The highest BCUT2D eigenvalue weighted by Crippen LogP contribution is 2.30. The summed E-state index contributed by atoms with van der Waals surface area (Å²) in [7, 11) is 4.82. The van der Waals surface area contributed by atoms with Gasteiger partial charge in [0, 0.05) is 33.3 Å². The average Bonchev–Trinajstić information content (AvgIpc) is 2.97. The van der Waals surface area contributed by atoms with E-state index >= 15 is 0 Å². The van der Waals surface area contributed by atoms with Gasteiger partial charge in [0.05, 0.1) is 29.7 Å². The smallest absolute Gasteiger partial charge is 0.414 e. The summed E-state index contributed by atoms with van der Waals surface area (Å²) in [6, 6.07) is 12.3. The van der Waals surface area contributed by atoms with E-state index in [4.69, 9.17) is 4.74 Å². The zero-order valence-electron chi connectivity index (χ0n) is 18.4. The van der Waals surface area contributed by atoms with Crippen molar-refractivity contribution < 1.29 is 18.7 Å². The number of amides is 2. The molecule has 2 amide bonds. The fourth-order valence-corrected chi connectivity index (χ4v) is 3.62. The van der Waals surface area contributed by atoms with Crippen LogP contribution in [0.2, 0.25) is 0 Å². The number of halogens is 1. The summed E-state index contributed by atoms with van der Waals surface area (Å²) < 4.78 is 19.8. The molecule has 170 valence electrons. The lowest BCUT2D eigenvalue weighted by molar-refractivity contribution is 0.0963. The van der Waals surface area contributed by atoms with Crippen LogP contribution in [0.25, 0.3) is 0 Å². The summed E-state index contributed by atoms with van der Waals surface area (Å²) in [4.78, 5) is 35.5. The summed E-state index contributed by atoms with van der Waals surface area (Å²) in [5.41, 5.74) is 3.25. The molecular formula is C23H23FN6O3. The van der Waals surface area contributed by atoms with Gasteiger partial charge in [-0.1, -0.05) is 12.1 Å². The Balaban J connectivity index is 1.63. The first-order valence-electron chi connectivity index (χ1n) is 10.3. The third-order valence-corrected chi connectivity index (χ3v) is 5.35. The molecule has 0 bridgehead atoms. The number of fused-ring (bicyclic) bond motifs is 1. The SMILES string of the molecule is CNC(=O)c1ccccc1N(C)c1nc(Nc2ccc3c(c2)CCOC(=O)N3C)ncc1F. The van der Waals surface area contributed by atoms with Crippen molar-refractivity contribution in [2.75, 3.05) is 42.9 Å². The van der Waals surface area contributed by atoms with Crippen molar-refractivity contribution in [1.29, 1.82) is 0 Å². The first-order chi connectivity index (χ1) is 15.9. The highest BCUT2D eigenvalue weighted by atomic mass is 19.1. The van der Waals surface area contributed by atoms with Crippen LogP contribution in [0, 0.1) is 5.82 Å². The van der Waals surface area contributed by atoms with Gasteiger partial charge in [0.15, 0.2) is 11.6 Å². The van der Waals surface area contributed by atoms with Crippen LogP contribution >= 0.6 is 0 Å². The Bertz CT molecular complexity index is 1220. The fourth-order valence-electron chi connectivity index (χ4n) is 3.62. The van der Waals surface area contributed by atoms with E-state index in [1.165, 1.54) is 16.8 Å². The van der Waals surface area contributed by atoms with Gasteiger partial charge >= 0.3 is 6.09 Å². The van der Waals surface area contributed by atoms with Gasteiger partial charge in [-0.2, -0.15) is 4.98 Å². The molecule has 0 atom stereocenters. The Morgan fingerprint density at radius 1 is 1.24 bits per heavy atom. The van der Waals surface area contributed by atoms with Crippen LogP contribution < -0.4 is 20.4 Å². The summed E-state index contributed by atoms with van der Waals surface area (Å²) in [5, 5.41) is 5.67. The van der Waals surface area contributed by atoms with E-state index in [0.29, 0.717) is 23.4 Å². The van der Waals surface area contributed by atoms with Crippen LogP contribution in [0.5, 0.6) is 0 Å². The van der Waals surface area contributed by atoms with Gasteiger partial charge in [-0.05, 0) is 35.9 Å². The van der Waals surface area contributed by atoms with Crippen molar-refractivity contribution in [2.45, 2.75) is 6.42 Å². The number of ether oxygens (including phenoxy) is 1. The molecule has 33 heavy (non-hydrogen) atoms. The normalized spacial score (nSPS) is 13.0. The Hall–Kier alpha value is -4.21. The molecule has 3 aromatic rings. The Morgan fingerprint density at radius 3 is 2.82 bits per heavy atom. The minimum Gasteiger partial charge on any atom is -0.449 e. The lowest BCUT2D eigenvalue weighted by atomic mass is 10.1. The van der Waals surface area contributed by atoms with Crippen molar-refractivity contribution >= 4 is 40.8 Å². The van der Waals surface area contributed by atoms with E-state index in [0.717, 1.165) is 17.4 Å². The largest absolute Gasteiger partial charge is 0.449 e. The first kappa shape index (κ1) is 22.0. The summed E-state index contributed by atoms with van der Waals surface area (Å²) >= 11 is 0. The molecule has 10 heteroatoms. The van der Waals surface area contributed by atoms with Crippen LogP contribution in [0.4, 0.5) is 38.0 Å². The maximum atomic E-state index is 14.7. The molecule has 1 aliphatic heterocycles. The minimum absolute atomic E-state index is 0.0114. The van der Waals surface area contributed by atoms with Gasteiger partial charge in [-0.15, -0.1) is 0 Å². The van der Waals surface area contributed by atoms with Crippen molar-refractivity contribution in [2.24, 2.45) is 0 Å². The second-order valence-electron chi connectivity index (χ2n) is 7.41. The standard InChI is InChI=1S/C23H23FN6O3/c1-25-21(31)16-6-4-5-7-19(16)29(2)20-17(24)13-26-22(28-20)27-15-8-9-18-14(12-15)10-11-33-23(32)30(18)3/h4-9,12-13H,10-11H2,1-3H3,(H,25,31)(H,26,27,28). The number of aromatic nitrogens is 2. The van der Waals surface area contributed by atoms with Crippen molar-refractivity contribution in [3.05, 3.63) is 65.6 Å². The zero-order chi connectivity index (χ0) is 23.5. The molecule has 1 aromatic heterocycles. The number of carbonyl (C=O) groups excluding carboxylic acids is 2. The monoisotopic (exact) mass is 450 g/mol. The molecule has 0 saturated heterocycles. The van der Waals surface area contributed by atoms with Gasteiger partial charge in [-0.25, -0.2) is 14.2 Å². The summed E-state index contributed by atoms with van der Waals surface area (Å²) in [6.45, 7) is 0.284. The predicted molar refractivity (Wildman–Crippen MR) is 123 cm³/mol. The molecule has 0 spiro atoms. The number of anilines is 5. The number of rotatable bonds is 5. The number of para-hydroxylation sites is 1. The van der Waals surface area contributed by atoms with Gasteiger partial charge in [0.2, 0.25) is 5.95 Å². The number of nitrogens with one attached hydrogen (secondary N) is 2. The number of cyclic esters (lactones) is 1. The molecular weight excluding hydrogens is 427 g/mol. The molecule has 2 N–H and O–H groups in total. The summed E-state index contributed by atoms with van der Waals surface area (Å²) in [5.74, 6) is -0.723. The van der Waals surface area contributed by atoms with Crippen LogP contribution in [0.15, 0.2) is 48.7 Å². The van der Waals surface area contributed by atoms with Crippen LogP contribution in [-0.4, -0.2) is 49.7 Å². The predicted octanol–water partition coefficient (Wildman–Crippen LogP) is 3.62. The number of hydrogen-bond donors (Lipinski definition) is 2. The van der Waals surface area contributed by atoms with E-state index in [1.54, 1.807) is 50.5 Å². The number of nitrogens with zero attached hydrogens (tertiary/aromatic N) is 4. The van der Waals surface area contributed by atoms with Crippen LogP contribution in [0.3, 0.4) is 0 Å². The summed E-state index contributed by atoms with van der Waals surface area (Å²) in [6.07, 6.45) is 1.24. The van der Waals surface area contributed by atoms with Crippen molar-refractivity contribution in [1.82, 2.24) is 15.3 Å². The quantitative estimate of drug-likeness (QED) is 0.613. The van der Waals surface area contributed by atoms with Crippen molar-refractivity contribution in [3.63, 3.8) is 0 Å². The van der Waals surface area contributed by atoms with Gasteiger partial charge in [0.1, 0.15) is 0 Å². The topological polar surface area (TPSA) is 99.7 Å². The second-order valence-corrected chi connectivity index (χ2v) is 7.41. The third kappa shape index (κ3) is 4.40. The minimum atomic E-state index is -0.631. The molecule has 0 aliphatic carbocycles. The van der Waals surface area contributed by atoms with Gasteiger partial charge < -0.3 is 20.3 Å².